The molecule has 0 saturated heterocycles. The number of nitrogens with zero attached hydrogens (tertiary/aromatic N) is 2. The van der Waals surface area contributed by atoms with Gasteiger partial charge in [0.25, 0.3) is 0 Å². The van der Waals surface area contributed by atoms with Crippen LogP contribution in [0.3, 0.4) is 0 Å². The molecule has 0 spiro atoms. The molecule has 8 rings (SSSR count). The molecule has 0 amide bonds. The van der Waals surface area contributed by atoms with E-state index in [1.165, 1.54) is 72.5 Å². The first-order valence-corrected chi connectivity index (χ1v) is 14.7. The Labute approximate surface area is 230 Å². The van der Waals surface area contributed by atoms with E-state index in [1.54, 1.807) is 5.56 Å². The first kappa shape index (κ1) is 23.2. The van der Waals surface area contributed by atoms with Gasteiger partial charge in [0.15, 0.2) is 0 Å². The summed E-state index contributed by atoms with van der Waals surface area (Å²) in [5.74, 6) is 2.62. The molecule has 39 heavy (non-hydrogen) atoms. The van der Waals surface area contributed by atoms with Gasteiger partial charge in [0, 0.05) is 22.5 Å². The van der Waals surface area contributed by atoms with Crippen LogP contribution in [0.15, 0.2) is 36.4 Å². The van der Waals surface area contributed by atoms with Gasteiger partial charge in [-0.25, -0.2) is 9.97 Å². The van der Waals surface area contributed by atoms with E-state index in [2.05, 4.69) is 81.0 Å². The molecule has 0 atom stereocenters. The fraction of sp³-hybridized carbons (Fsp3) is 0.371. The van der Waals surface area contributed by atoms with E-state index >= 15 is 0 Å². The van der Waals surface area contributed by atoms with E-state index in [0.29, 0.717) is 5.92 Å². The summed E-state index contributed by atoms with van der Waals surface area (Å²) in [6.07, 6.45) is 6.41. The van der Waals surface area contributed by atoms with Crippen LogP contribution in [-0.4, -0.2) is 19.9 Å². The third-order valence-corrected chi connectivity index (χ3v) is 9.32. The number of hydrogen-bond donors (Lipinski definition) is 2. The van der Waals surface area contributed by atoms with Gasteiger partial charge in [-0.05, 0) is 88.7 Å². The maximum absolute atomic E-state index is 4.99. The highest BCUT2D eigenvalue weighted by Crippen LogP contribution is 2.45. The summed E-state index contributed by atoms with van der Waals surface area (Å²) in [7, 11) is 0. The summed E-state index contributed by atoms with van der Waals surface area (Å²) >= 11 is 0. The van der Waals surface area contributed by atoms with Gasteiger partial charge in [-0.2, -0.15) is 0 Å². The average molecular weight is 513 g/mol. The minimum Gasteiger partial charge on any atom is -0.342 e. The molecule has 0 fully saturated rings. The molecule has 3 aliphatic rings. The number of H-pyrrole nitrogens is 2. The molecule has 5 aromatic rings. The predicted octanol–water partition coefficient (Wildman–Crippen LogP) is 8.00. The van der Waals surface area contributed by atoms with Crippen molar-refractivity contribution in [3.63, 3.8) is 0 Å². The predicted molar refractivity (Wildman–Crippen MR) is 160 cm³/mol. The highest BCUT2D eigenvalue weighted by molar-refractivity contribution is 5.97. The lowest BCUT2D eigenvalue weighted by atomic mass is 9.77. The lowest BCUT2D eigenvalue weighted by Gasteiger charge is -2.27. The molecule has 3 aromatic carbocycles. The van der Waals surface area contributed by atoms with Gasteiger partial charge in [0.2, 0.25) is 0 Å². The maximum atomic E-state index is 4.99. The van der Waals surface area contributed by atoms with Crippen molar-refractivity contribution >= 4 is 10.8 Å². The topological polar surface area (TPSA) is 57.4 Å². The van der Waals surface area contributed by atoms with Gasteiger partial charge in [0.05, 0.1) is 22.8 Å². The molecular weight excluding hydrogens is 476 g/mol. The zero-order chi connectivity index (χ0) is 26.6. The largest absolute Gasteiger partial charge is 0.342 e. The second-order valence-electron chi connectivity index (χ2n) is 13.2. The fourth-order valence-electron chi connectivity index (χ4n) is 7.21. The number of imidazole rings is 2. The number of hydrogen-bond acceptors (Lipinski definition) is 2. The van der Waals surface area contributed by atoms with E-state index < -0.39 is 0 Å². The Hall–Kier alpha value is -3.66. The van der Waals surface area contributed by atoms with Crippen LogP contribution in [0.4, 0.5) is 0 Å². The lowest BCUT2D eigenvalue weighted by Crippen LogP contribution is -2.13. The highest BCUT2D eigenvalue weighted by Gasteiger charge is 2.29. The van der Waals surface area contributed by atoms with Crippen molar-refractivity contribution in [1.82, 2.24) is 19.9 Å². The molecule has 2 aromatic heterocycles. The number of fused-ring (bicyclic) bond motifs is 12. The first-order chi connectivity index (χ1) is 18.8. The van der Waals surface area contributed by atoms with Crippen LogP contribution in [0.2, 0.25) is 0 Å². The molecule has 0 saturated carbocycles. The van der Waals surface area contributed by atoms with Crippen LogP contribution < -0.4 is 0 Å². The van der Waals surface area contributed by atoms with Crippen molar-refractivity contribution < 1.29 is 0 Å². The van der Waals surface area contributed by atoms with Crippen LogP contribution in [0.25, 0.3) is 44.4 Å². The molecule has 2 N–H and O–H groups in total. The normalized spacial score (nSPS) is 15.4. The highest BCUT2D eigenvalue weighted by atomic mass is 15.0. The van der Waals surface area contributed by atoms with Crippen LogP contribution in [0.1, 0.15) is 85.8 Å². The average Bonchev–Trinajstić information content (AvgIpc) is 3.56. The van der Waals surface area contributed by atoms with Crippen molar-refractivity contribution in [2.45, 2.75) is 84.5 Å². The Morgan fingerprint density at radius 1 is 0.667 bits per heavy atom. The molecule has 0 bridgehead atoms. The number of nitrogens with one attached hydrogen (secondary N) is 2. The Morgan fingerprint density at radius 3 is 2.10 bits per heavy atom. The summed E-state index contributed by atoms with van der Waals surface area (Å²) in [6, 6.07) is 14.4. The van der Waals surface area contributed by atoms with Gasteiger partial charge >= 0.3 is 0 Å². The number of aromatic amines is 2. The van der Waals surface area contributed by atoms with Crippen LogP contribution in [0.5, 0.6) is 0 Å². The maximum Gasteiger partial charge on any atom is 0.112 e. The second kappa shape index (κ2) is 7.94. The van der Waals surface area contributed by atoms with Crippen molar-refractivity contribution in [3.8, 4) is 33.6 Å². The van der Waals surface area contributed by atoms with Gasteiger partial charge in [0.1, 0.15) is 11.6 Å². The molecule has 0 radical (unpaired) electrons. The van der Waals surface area contributed by atoms with Crippen molar-refractivity contribution in [2.24, 2.45) is 0 Å². The minimum absolute atomic E-state index is 0.0235. The zero-order valence-corrected chi connectivity index (χ0v) is 23.7. The summed E-state index contributed by atoms with van der Waals surface area (Å²) in [6.45, 7) is 11.1. The Morgan fingerprint density at radius 2 is 1.31 bits per heavy atom. The van der Waals surface area contributed by atoms with Crippen LogP contribution in [0, 0.1) is 0 Å². The number of aryl methyl sites for hydroxylation is 4. The smallest absolute Gasteiger partial charge is 0.112 e. The summed E-state index contributed by atoms with van der Waals surface area (Å²) in [5, 5.41) is 2.78. The zero-order valence-electron chi connectivity index (χ0n) is 23.7. The second-order valence-corrected chi connectivity index (χ2v) is 13.2. The van der Waals surface area contributed by atoms with Gasteiger partial charge < -0.3 is 9.97 Å². The molecule has 3 aliphatic carbocycles. The Kier molecular flexibility index (Phi) is 4.73. The van der Waals surface area contributed by atoms with Gasteiger partial charge in [-0.1, -0.05) is 65.0 Å². The molecule has 4 heteroatoms. The molecule has 196 valence electrons. The number of aromatic nitrogens is 4. The molecule has 2 heterocycles. The molecule has 4 nitrogen and oxygen atoms in total. The summed E-state index contributed by atoms with van der Waals surface area (Å²) < 4.78 is 0. The van der Waals surface area contributed by atoms with E-state index in [1.807, 2.05) is 0 Å². The van der Waals surface area contributed by atoms with Crippen molar-refractivity contribution in [3.05, 3.63) is 81.7 Å². The van der Waals surface area contributed by atoms with Crippen LogP contribution >= 0.6 is 0 Å². The first-order valence-electron chi connectivity index (χ1n) is 14.7. The summed E-state index contributed by atoms with van der Waals surface area (Å²) in [5.41, 5.74) is 16.6. The van der Waals surface area contributed by atoms with Gasteiger partial charge in [-0.15, -0.1) is 0 Å². The van der Waals surface area contributed by atoms with Crippen molar-refractivity contribution in [1.29, 1.82) is 0 Å². The van der Waals surface area contributed by atoms with Crippen molar-refractivity contribution in [2.75, 3.05) is 0 Å². The SMILES string of the molecule is CC(C)c1nc2c([nH]1)-c1ccc3c(c1CC2)CCc1cc2c4c(ccc2cc1-3)-c1[nH]c(C(C)(C)C)nc1CC4. The quantitative estimate of drug-likeness (QED) is 0.239. The summed E-state index contributed by atoms with van der Waals surface area (Å²) in [4.78, 5) is 17.3. The van der Waals surface area contributed by atoms with E-state index in [-0.39, 0.29) is 5.41 Å². The van der Waals surface area contributed by atoms with E-state index in [0.717, 1.165) is 50.2 Å². The fourth-order valence-corrected chi connectivity index (χ4v) is 7.21. The van der Waals surface area contributed by atoms with Crippen LogP contribution in [-0.2, 0) is 43.9 Å². The Bertz CT molecular complexity index is 1820. The molecule has 0 unspecified atom stereocenters. The number of rotatable bonds is 1. The molecule has 0 aliphatic heterocycles. The molecular formula is C35H36N4. The monoisotopic (exact) mass is 512 g/mol. The number of benzene rings is 3. The van der Waals surface area contributed by atoms with Gasteiger partial charge in [-0.3, -0.25) is 0 Å². The third-order valence-electron chi connectivity index (χ3n) is 9.32. The van der Waals surface area contributed by atoms with E-state index in [4.69, 9.17) is 9.97 Å². The standard InChI is InChI=1S/C35H36N4/c1-18(2)33-36-29-14-12-22-21-8-6-19-17-28-20(16-27(19)23(21)10-11-26(22)31(29)38-33)7-9-25-24(28)13-15-30-32(25)39-34(37-30)35(3,4)5/h7,9-11,16-18H,6,8,12-15H2,1-5H3,(H,36,38)(H,37,39). The third kappa shape index (κ3) is 3.36. The van der Waals surface area contributed by atoms with E-state index in [9.17, 15) is 0 Å². The lowest BCUT2D eigenvalue weighted by molar-refractivity contribution is 0.551. The minimum atomic E-state index is 0.0235. The Balaban J connectivity index is 1.24.